The Hall–Kier alpha value is -2.10. The summed E-state index contributed by atoms with van der Waals surface area (Å²) in [5.74, 6) is -0.105. The maximum atomic E-state index is 9.33. The molecule has 2 rings (SSSR count). The summed E-state index contributed by atoms with van der Waals surface area (Å²) in [6.45, 7) is 0.603. The molecule has 0 amide bonds. The zero-order valence-corrected chi connectivity index (χ0v) is 8.07. The van der Waals surface area contributed by atoms with E-state index >= 15 is 0 Å². The van der Waals surface area contributed by atoms with Crippen LogP contribution in [0.25, 0.3) is 0 Å². The first-order valence-corrected chi connectivity index (χ1v) is 4.64. The van der Waals surface area contributed by atoms with E-state index in [2.05, 4.69) is 10.3 Å². The van der Waals surface area contributed by atoms with E-state index in [1.165, 1.54) is 6.07 Å². The molecule has 0 fully saturated rings. The van der Waals surface area contributed by atoms with Crippen LogP contribution in [0.2, 0.25) is 0 Å². The molecule has 0 aliphatic carbocycles. The van der Waals surface area contributed by atoms with Crippen LogP contribution in [0.1, 0.15) is 5.56 Å². The lowest BCUT2D eigenvalue weighted by atomic mass is 10.2. The Morgan fingerprint density at radius 1 is 1.13 bits per heavy atom. The normalized spacial score (nSPS) is 10.1. The van der Waals surface area contributed by atoms with Gasteiger partial charge in [0.05, 0.1) is 0 Å². The predicted octanol–water partition coefficient (Wildman–Crippen LogP) is 2.04. The van der Waals surface area contributed by atoms with Gasteiger partial charge in [0.25, 0.3) is 0 Å². The van der Waals surface area contributed by atoms with Crippen LogP contribution >= 0.6 is 0 Å². The molecule has 1 aromatic carbocycles. The van der Waals surface area contributed by atoms with Crippen molar-refractivity contribution in [2.24, 2.45) is 0 Å². The number of hydrogen-bond donors (Lipinski definition) is 4. The fourth-order valence-corrected chi connectivity index (χ4v) is 1.36. The summed E-state index contributed by atoms with van der Waals surface area (Å²) in [7, 11) is 0. The minimum absolute atomic E-state index is 0.0524. The number of aromatic hydroxyl groups is 2. The molecule has 0 radical (unpaired) electrons. The molecule has 1 aromatic heterocycles. The number of nitrogens with one attached hydrogen (secondary N) is 2. The Balaban J connectivity index is 2.02. The molecule has 0 spiro atoms. The average molecular weight is 204 g/mol. The highest BCUT2D eigenvalue weighted by Gasteiger charge is 2.04. The number of anilines is 1. The van der Waals surface area contributed by atoms with Gasteiger partial charge in [-0.1, -0.05) is 30.3 Å². The highest BCUT2D eigenvalue weighted by atomic mass is 16.3. The van der Waals surface area contributed by atoms with Crippen molar-refractivity contribution in [2.75, 3.05) is 5.32 Å². The second-order valence-corrected chi connectivity index (χ2v) is 3.26. The molecular weight excluding hydrogens is 192 g/mol. The van der Waals surface area contributed by atoms with Crippen LogP contribution in [0.5, 0.6) is 11.8 Å². The Kier molecular flexibility index (Phi) is 2.49. The van der Waals surface area contributed by atoms with E-state index in [1.807, 2.05) is 30.3 Å². The van der Waals surface area contributed by atoms with E-state index in [1.54, 1.807) is 0 Å². The van der Waals surface area contributed by atoms with Crippen LogP contribution in [0.4, 0.5) is 5.69 Å². The largest absolute Gasteiger partial charge is 0.494 e. The van der Waals surface area contributed by atoms with E-state index in [-0.39, 0.29) is 11.8 Å². The van der Waals surface area contributed by atoms with Crippen LogP contribution in [-0.2, 0) is 6.54 Å². The number of benzene rings is 1. The molecule has 2 aromatic rings. The molecule has 0 saturated carbocycles. The van der Waals surface area contributed by atoms with Crippen molar-refractivity contribution in [3.63, 3.8) is 0 Å². The number of rotatable bonds is 3. The Bertz CT molecular complexity index is 437. The molecule has 0 atom stereocenters. The zero-order chi connectivity index (χ0) is 10.7. The summed E-state index contributed by atoms with van der Waals surface area (Å²) in [6.07, 6.45) is 0. The van der Waals surface area contributed by atoms with Gasteiger partial charge in [-0.15, -0.1) is 0 Å². The summed E-state index contributed by atoms with van der Waals surface area (Å²) in [5.41, 5.74) is 1.61. The third-order valence-electron chi connectivity index (χ3n) is 2.11. The Labute approximate surface area is 87.2 Å². The standard InChI is InChI=1S/C11H12N2O2/c14-10-6-9(11(15)13-10)12-7-8-4-2-1-3-5-8/h1-6,12-15H,7H2. The minimum atomic E-state index is -0.0527. The second-order valence-electron chi connectivity index (χ2n) is 3.26. The molecule has 4 N–H and O–H groups in total. The van der Waals surface area contributed by atoms with Crippen molar-refractivity contribution in [3.8, 4) is 11.8 Å². The zero-order valence-electron chi connectivity index (χ0n) is 8.07. The van der Waals surface area contributed by atoms with Gasteiger partial charge in [0.1, 0.15) is 5.69 Å². The molecule has 15 heavy (non-hydrogen) atoms. The molecule has 0 aliphatic rings. The van der Waals surface area contributed by atoms with Crippen LogP contribution in [-0.4, -0.2) is 15.2 Å². The number of H-pyrrole nitrogens is 1. The van der Waals surface area contributed by atoms with Gasteiger partial charge in [0.2, 0.25) is 5.88 Å². The third-order valence-corrected chi connectivity index (χ3v) is 2.11. The summed E-state index contributed by atoms with van der Waals surface area (Å²) in [6, 6.07) is 11.3. The van der Waals surface area contributed by atoms with Crippen LogP contribution in [0.3, 0.4) is 0 Å². The van der Waals surface area contributed by atoms with Crippen molar-refractivity contribution in [1.82, 2.24) is 4.98 Å². The molecule has 1 heterocycles. The van der Waals surface area contributed by atoms with Crippen molar-refractivity contribution >= 4 is 5.69 Å². The van der Waals surface area contributed by atoms with E-state index in [4.69, 9.17) is 5.11 Å². The Morgan fingerprint density at radius 2 is 1.87 bits per heavy atom. The lowest BCUT2D eigenvalue weighted by Gasteiger charge is -2.03. The smallest absolute Gasteiger partial charge is 0.215 e. The average Bonchev–Trinajstić information content (AvgIpc) is 2.56. The van der Waals surface area contributed by atoms with Crippen LogP contribution in [0, 0.1) is 0 Å². The van der Waals surface area contributed by atoms with E-state index in [9.17, 15) is 5.11 Å². The predicted molar refractivity (Wildman–Crippen MR) is 57.9 cm³/mol. The summed E-state index contributed by atoms with van der Waals surface area (Å²) >= 11 is 0. The van der Waals surface area contributed by atoms with E-state index < -0.39 is 0 Å². The molecular formula is C11H12N2O2. The maximum Gasteiger partial charge on any atom is 0.215 e. The van der Waals surface area contributed by atoms with Gasteiger partial charge in [0, 0.05) is 12.6 Å². The van der Waals surface area contributed by atoms with Crippen molar-refractivity contribution < 1.29 is 10.2 Å². The lowest BCUT2D eigenvalue weighted by molar-refractivity contribution is 0.426. The Morgan fingerprint density at radius 3 is 2.47 bits per heavy atom. The molecule has 4 nitrogen and oxygen atoms in total. The fourth-order valence-electron chi connectivity index (χ4n) is 1.36. The first-order valence-electron chi connectivity index (χ1n) is 4.64. The second kappa shape index (κ2) is 3.96. The van der Waals surface area contributed by atoms with Gasteiger partial charge in [0.15, 0.2) is 5.88 Å². The van der Waals surface area contributed by atoms with Crippen LogP contribution in [0.15, 0.2) is 36.4 Å². The lowest BCUT2D eigenvalue weighted by Crippen LogP contribution is -1.97. The number of aromatic amines is 1. The van der Waals surface area contributed by atoms with Gasteiger partial charge in [-0.3, -0.25) is 4.98 Å². The summed E-state index contributed by atoms with van der Waals surface area (Å²) in [5, 5.41) is 21.4. The minimum Gasteiger partial charge on any atom is -0.494 e. The first kappa shape index (κ1) is 9.45. The summed E-state index contributed by atoms with van der Waals surface area (Å²) < 4.78 is 0. The molecule has 0 bridgehead atoms. The molecule has 0 saturated heterocycles. The van der Waals surface area contributed by atoms with E-state index in [0.29, 0.717) is 12.2 Å². The van der Waals surface area contributed by atoms with Crippen LogP contribution < -0.4 is 5.32 Å². The SMILES string of the molecule is Oc1cc(NCc2ccccc2)c(O)[nH]1. The van der Waals surface area contributed by atoms with Gasteiger partial charge < -0.3 is 15.5 Å². The monoisotopic (exact) mass is 204 g/mol. The molecule has 0 aliphatic heterocycles. The van der Waals surface area contributed by atoms with Gasteiger partial charge in [-0.05, 0) is 5.56 Å². The third kappa shape index (κ3) is 2.22. The number of aromatic nitrogens is 1. The number of hydrogen-bond acceptors (Lipinski definition) is 3. The van der Waals surface area contributed by atoms with Gasteiger partial charge in [-0.2, -0.15) is 0 Å². The van der Waals surface area contributed by atoms with Crippen molar-refractivity contribution in [2.45, 2.75) is 6.54 Å². The highest BCUT2D eigenvalue weighted by molar-refractivity contribution is 5.56. The quantitative estimate of drug-likeness (QED) is 0.618. The van der Waals surface area contributed by atoms with Crippen molar-refractivity contribution in [3.05, 3.63) is 42.0 Å². The molecule has 0 unspecified atom stereocenters. The molecule has 78 valence electrons. The highest BCUT2D eigenvalue weighted by Crippen LogP contribution is 2.27. The molecule has 4 heteroatoms. The fraction of sp³-hybridized carbons (Fsp3) is 0.0909. The maximum absolute atomic E-state index is 9.33. The van der Waals surface area contributed by atoms with E-state index in [0.717, 1.165) is 5.56 Å². The topological polar surface area (TPSA) is 68.3 Å². The van der Waals surface area contributed by atoms with Crippen molar-refractivity contribution in [1.29, 1.82) is 0 Å². The van der Waals surface area contributed by atoms with Gasteiger partial charge >= 0.3 is 0 Å². The first-order chi connectivity index (χ1) is 7.25. The van der Waals surface area contributed by atoms with Gasteiger partial charge in [-0.25, -0.2) is 0 Å². The summed E-state index contributed by atoms with van der Waals surface area (Å²) in [4.78, 5) is 2.39.